The largest absolute Gasteiger partial charge is 0.309 e. The molecular formula is C19H34N2. The van der Waals surface area contributed by atoms with E-state index in [2.05, 4.69) is 76.0 Å². The Bertz CT molecular complexity index is 412. The predicted molar refractivity (Wildman–Crippen MR) is 93.9 cm³/mol. The van der Waals surface area contributed by atoms with Crippen LogP contribution >= 0.6 is 0 Å². The fourth-order valence-electron chi connectivity index (χ4n) is 3.45. The Kier molecular flexibility index (Phi) is 7.41. The summed E-state index contributed by atoms with van der Waals surface area (Å²) in [7, 11) is 0. The van der Waals surface area contributed by atoms with Crippen molar-refractivity contribution in [2.45, 2.75) is 66.0 Å². The molecule has 2 heteroatoms. The molecule has 0 saturated carbocycles. The summed E-state index contributed by atoms with van der Waals surface area (Å²) < 4.78 is 0. The van der Waals surface area contributed by atoms with Crippen molar-refractivity contribution in [3.8, 4) is 0 Å². The van der Waals surface area contributed by atoms with Crippen molar-refractivity contribution < 1.29 is 0 Å². The number of nitrogens with zero attached hydrogens (tertiary/aromatic N) is 1. The number of aryl methyl sites for hydroxylation is 1. The lowest BCUT2D eigenvalue weighted by molar-refractivity contribution is 0.0704. The lowest BCUT2D eigenvalue weighted by Crippen LogP contribution is -2.54. The fraction of sp³-hybridized carbons (Fsp3) is 0.684. The van der Waals surface area contributed by atoms with Crippen LogP contribution in [0.3, 0.4) is 0 Å². The number of benzene rings is 1. The highest BCUT2D eigenvalue weighted by Crippen LogP contribution is 2.34. The van der Waals surface area contributed by atoms with Crippen LogP contribution in [0.1, 0.15) is 65.1 Å². The number of hydrogen-bond acceptors (Lipinski definition) is 2. The normalized spacial score (nSPS) is 16.0. The Morgan fingerprint density at radius 1 is 1.10 bits per heavy atom. The van der Waals surface area contributed by atoms with Crippen LogP contribution in [0.25, 0.3) is 0 Å². The number of hydrogen-bond donors (Lipinski definition) is 1. The average molecular weight is 290 g/mol. The standard InChI is InChI=1S/C19H34N2/c1-7-16-13-12-14-17(15-16)18(20-9-3)19(6,8-2)21(10-4)11-5/h12-15,18,20H,7-11H2,1-6H3. The molecule has 21 heavy (non-hydrogen) atoms. The minimum atomic E-state index is 0.145. The summed E-state index contributed by atoms with van der Waals surface area (Å²) in [6, 6.07) is 9.47. The quantitative estimate of drug-likeness (QED) is 0.724. The summed E-state index contributed by atoms with van der Waals surface area (Å²) in [4.78, 5) is 2.60. The maximum Gasteiger partial charge on any atom is 0.0504 e. The summed E-state index contributed by atoms with van der Waals surface area (Å²) in [5.74, 6) is 0. The topological polar surface area (TPSA) is 15.3 Å². The van der Waals surface area contributed by atoms with E-state index in [4.69, 9.17) is 0 Å². The molecule has 2 nitrogen and oxygen atoms in total. The van der Waals surface area contributed by atoms with Crippen molar-refractivity contribution in [3.05, 3.63) is 35.4 Å². The van der Waals surface area contributed by atoms with Gasteiger partial charge in [-0.1, -0.05) is 58.9 Å². The third-order valence-corrected chi connectivity index (χ3v) is 4.92. The Morgan fingerprint density at radius 2 is 1.76 bits per heavy atom. The zero-order valence-electron chi connectivity index (χ0n) is 14.9. The van der Waals surface area contributed by atoms with Gasteiger partial charge in [0.25, 0.3) is 0 Å². The SMILES string of the molecule is CCNC(c1cccc(CC)c1)C(C)(CC)N(CC)CC. The first-order chi connectivity index (χ1) is 10.1. The van der Waals surface area contributed by atoms with E-state index in [-0.39, 0.29) is 5.54 Å². The van der Waals surface area contributed by atoms with Gasteiger partial charge in [0.1, 0.15) is 0 Å². The van der Waals surface area contributed by atoms with Gasteiger partial charge in [-0.25, -0.2) is 0 Å². The van der Waals surface area contributed by atoms with Gasteiger partial charge < -0.3 is 5.32 Å². The lowest BCUT2D eigenvalue weighted by atomic mass is 9.82. The number of rotatable bonds is 9. The number of likely N-dealkylation sites (N-methyl/N-ethyl adjacent to an activating group) is 2. The molecule has 2 atom stereocenters. The highest BCUT2D eigenvalue weighted by molar-refractivity contribution is 5.28. The molecule has 0 aliphatic rings. The van der Waals surface area contributed by atoms with Crippen LogP contribution in [0.15, 0.2) is 24.3 Å². The summed E-state index contributed by atoms with van der Waals surface area (Å²) >= 11 is 0. The molecule has 1 rings (SSSR count). The molecule has 0 spiro atoms. The molecule has 1 aromatic carbocycles. The molecule has 1 aromatic rings. The Hall–Kier alpha value is -0.860. The van der Waals surface area contributed by atoms with Crippen LogP contribution in [0.5, 0.6) is 0 Å². The maximum absolute atomic E-state index is 3.75. The molecule has 1 N–H and O–H groups in total. The van der Waals surface area contributed by atoms with E-state index in [1.807, 2.05) is 0 Å². The third-order valence-electron chi connectivity index (χ3n) is 4.92. The van der Waals surface area contributed by atoms with Crippen molar-refractivity contribution in [3.63, 3.8) is 0 Å². The first kappa shape index (κ1) is 18.2. The van der Waals surface area contributed by atoms with Gasteiger partial charge in [0.05, 0.1) is 6.04 Å². The molecule has 0 aromatic heterocycles. The van der Waals surface area contributed by atoms with E-state index in [1.54, 1.807) is 0 Å². The average Bonchev–Trinajstić information content (AvgIpc) is 2.53. The molecule has 0 amide bonds. The van der Waals surface area contributed by atoms with Gasteiger partial charge in [-0.2, -0.15) is 0 Å². The zero-order chi connectivity index (χ0) is 15.9. The van der Waals surface area contributed by atoms with Crippen LogP contribution in [0.4, 0.5) is 0 Å². The van der Waals surface area contributed by atoms with Gasteiger partial charge in [-0.3, -0.25) is 4.90 Å². The molecule has 120 valence electrons. The molecule has 0 fully saturated rings. The van der Waals surface area contributed by atoms with Crippen LogP contribution in [-0.2, 0) is 6.42 Å². The van der Waals surface area contributed by atoms with Gasteiger partial charge in [0.15, 0.2) is 0 Å². The summed E-state index contributed by atoms with van der Waals surface area (Å²) in [5.41, 5.74) is 2.99. The van der Waals surface area contributed by atoms with Gasteiger partial charge in [-0.15, -0.1) is 0 Å². The van der Waals surface area contributed by atoms with Crippen molar-refractivity contribution in [2.75, 3.05) is 19.6 Å². The van der Waals surface area contributed by atoms with E-state index in [1.165, 1.54) is 11.1 Å². The molecule has 2 unspecified atom stereocenters. The Morgan fingerprint density at radius 3 is 2.24 bits per heavy atom. The summed E-state index contributed by atoms with van der Waals surface area (Å²) in [5, 5.41) is 3.75. The van der Waals surface area contributed by atoms with Crippen molar-refractivity contribution >= 4 is 0 Å². The minimum absolute atomic E-state index is 0.145. The summed E-state index contributed by atoms with van der Waals surface area (Å²) in [6.07, 6.45) is 2.24. The summed E-state index contributed by atoms with van der Waals surface area (Å²) in [6.45, 7) is 16.9. The van der Waals surface area contributed by atoms with E-state index >= 15 is 0 Å². The van der Waals surface area contributed by atoms with Gasteiger partial charge in [0.2, 0.25) is 0 Å². The first-order valence-electron chi connectivity index (χ1n) is 8.64. The van der Waals surface area contributed by atoms with Crippen LogP contribution < -0.4 is 5.32 Å². The molecule has 0 radical (unpaired) electrons. The predicted octanol–water partition coefficient (Wildman–Crippen LogP) is 4.41. The molecule has 0 bridgehead atoms. The second kappa shape index (κ2) is 8.55. The lowest BCUT2D eigenvalue weighted by Gasteiger charge is -2.46. The maximum atomic E-state index is 3.75. The fourth-order valence-corrected chi connectivity index (χ4v) is 3.45. The zero-order valence-corrected chi connectivity index (χ0v) is 14.9. The van der Waals surface area contributed by atoms with Crippen molar-refractivity contribution in [2.24, 2.45) is 0 Å². The third kappa shape index (κ3) is 4.08. The van der Waals surface area contributed by atoms with E-state index in [0.717, 1.165) is 32.5 Å². The van der Waals surface area contributed by atoms with Gasteiger partial charge in [-0.05, 0) is 50.5 Å². The minimum Gasteiger partial charge on any atom is -0.309 e. The second-order valence-electron chi connectivity index (χ2n) is 5.97. The Labute approximate surface area is 131 Å². The monoisotopic (exact) mass is 290 g/mol. The molecule has 0 saturated heterocycles. The number of nitrogens with one attached hydrogen (secondary N) is 1. The van der Waals surface area contributed by atoms with Gasteiger partial charge >= 0.3 is 0 Å². The molecule has 0 aliphatic carbocycles. The molecule has 0 heterocycles. The molecule has 0 aliphatic heterocycles. The van der Waals surface area contributed by atoms with Crippen LogP contribution in [0, 0.1) is 0 Å². The van der Waals surface area contributed by atoms with E-state index in [9.17, 15) is 0 Å². The smallest absolute Gasteiger partial charge is 0.0504 e. The van der Waals surface area contributed by atoms with Gasteiger partial charge in [0, 0.05) is 5.54 Å². The first-order valence-corrected chi connectivity index (χ1v) is 8.64. The van der Waals surface area contributed by atoms with Crippen LogP contribution in [0.2, 0.25) is 0 Å². The highest BCUT2D eigenvalue weighted by atomic mass is 15.2. The molecular weight excluding hydrogens is 256 g/mol. The van der Waals surface area contributed by atoms with E-state index in [0.29, 0.717) is 6.04 Å². The Balaban J connectivity index is 3.24. The van der Waals surface area contributed by atoms with E-state index < -0.39 is 0 Å². The second-order valence-corrected chi connectivity index (χ2v) is 5.97. The van der Waals surface area contributed by atoms with Crippen molar-refractivity contribution in [1.82, 2.24) is 10.2 Å². The highest BCUT2D eigenvalue weighted by Gasteiger charge is 2.37. The van der Waals surface area contributed by atoms with Crippen LogP contribution in [-0.4, -0.2) is 30.1 Å². The van der Waals surface area contributed by atoms with Crippen molar-refractivity contribution in [1.29, 1.82) is 0 Å².